The van der Waals surface area contributed by atoms with E-state index in [9.17, 15) is 4.79 Å². The van der Waals surface area contributed by atoms with Crippen LogP contribution in [0.4, 0.5) is 0 Å². The Labute approximate surface area is 116 Å². The highest BCUT2D eigenvalue weighted by molar-refractivity contribution is 6.34. The summed E-state index contributed by atoms with van der Waals surface area (Å²) >= 11 is 12.0. The average molecular weight is 279 g/mol. The first-order chi connectivity index (χ1) is 8.58. The van der Waals surface area contributed by atoms with Crippen LogP contribution in [0.15, 0.2) is 48.5 Å². The molecule has 1 nitrogen and oxygen atoms in total. The van der Waals surface area contributed by atoms with Crippen molar-refractivity contribution in [2.45, 2.75) is 12.3 Å². The molecule has 0 aliphatic rings. The van der Waals surface area contributed by atoms with Crippen molar-refractivity contribution < 1.29 is 4.79 Å². The van der Waals surface area contributed by atoms with E-state index in [1.807, 2.05) is 19.1 Å². The number of ketones is 1. The molecule has 0 radical (unpaired) electrons. The minimum atomic E-state index is -0.676. The summed E-state index contributed by atoms with van der Waals surface area (Å²) in [6, 6.07) is 14.4. The fraction of sp³-hybridized carbons (Fsp3) is 0.133. The number of hydrogen-bond donors (Lipinski definition) is 0. The molecule has 92 valence electrons. The lowest BCUT2D eigenvalue weighted by Gasteiger charge is -2.09. The van der Waals surface area contributed by atoms with Gasteiger partial charge in [-0.1, -0.05) is 53.6 Å². The fourth-order valence-electron chi connectivity index (χ4n) is 1.65. The van der Waals surface area contributed by atoms with Crippen molar-refractivity contribution >= 4 is 29.0 Å². The molecule has 0 fully saturated rings. The first-order valence-corrected chi connectivity index (χ1v) is 6.40. The van der Waals surface area contributed by atoms with Crippen LogP contribution in [0.3, 0.4) is 0 Å². The Bertz CT molecular complexity index is 544. The number of hydrogen-bond acceptors (Lipinski definition) is 1. The largest absolute Gasteiger partial charge is 0.292 e. The Balaban J connectivity index is 2.23. The number of alkyl halides is 1. The molecule has 0 bridgehead atoms. The third kappa shape index (κ3) is 2.92. The Kier molecular flexibility index (Phi) is 4.05. The van der Waals surface area contributed by atoms with Gasteiger partial charge in [0.15, 0.2) is 5.78 Å². The summed E-state index contributed by atoms with van der Waals surface area (Å²) in [4.78, 5) is 12.2. The first-order valence-electron chi connectivity index (χ1n) is 5.58. The van der Waals surface area contributed by atoms with Gasteiger partial charge in [-0.25, -0.2) is 0 Å². The molecular weight excluding hydrogens is 267 g/mol. The second-order valence-corrected chi connectivity index (χ2v) is 5.02. The van der Waals surface area contributed by atoms with E-state index in [0.717, 1.165) is 11.1 Å². The van der Waals surface area contributed by atoms with E-state index in [0.29, 0.717) is 10.6 Å². The smallest absolute Gasteiger partial charge is 0.185 e. The molecule has 18 heavy (non-hydrogen) atoms. The van der Waals surface area contributed by atoms with E-state index >= 15 is 0 Å². The van der Waals surface area contributed by atoms with Gasteiger partial charge >= 0.3 is 0 Å². The zero-order valence-electron chi connectivity index (χ0n) is 9.86. The van der Waals surface area contributed by atoms with Crippen molar-refractivity contribution in [2.24, 2.45) is 0 Å². The topological polar surface area (TPSA) is 17.1 Å². The third-order valence-electron chi connectivity index (χ3n) is 2.73. The Morgan fingerprint density at radius 3 is 2.11 bits per heavy atom. The summed E-state index contributed by atoms with van der Waals surface area (Å²) < 4.78 is 0. The van der Waals surface area contributed by atoms with E-state index in [1.54, 1.807) is 36.4 Å². The molecular formula is C15H12Cl2O. The van der Waals surface area contributed by atoms with E-state index in [4.69, 9.17) is 23.2 Å². The van der Waals surface area contributed by atoms with Gasteiger partial charge in [-0.2, -0.15) is 0 Å². The number of rotatable bonds is 3. The molecule has 0 saturated carbocycles. The van der Waals surface area contributed by atoms with Crippen LogP contribution in [-0.4, -0.2) is 5.78 Å². The van der Waals surface area contributed by atoms with Crippen molar-refractivity contribution in [3.8, 4) is 0 Å². The van der Waals surface area contributed by atoms with Gasteiger partial charge in [-0.15, -0.1) is 11.6 Å². The molecule has 3 heteroatoms. The number of carbonyl (C=O) groups excluding carboxylic acids is 1. The van der Waals surface area contributed by atoms with Crippen LogP contribution in [0.1, 0.15) is 26.9 Å². The first kappa shape index (κ1) is 13.1. The number of Topliss-reactive ketones (excluding diaryl/α,β-unsaturated/α-hetero) is 1. The number of aryl methyl sites for hydroxylation is 1. The van der Waals surface area contributed by atoms with E-state index in [-0.39, 0.29) is 5.78 Å². The zero-order valence-corrected chi connectivity index (χ0v) is 11.4. The van der Waals surface area contributed by atoms with Crippen LogP contribution in [0.2, 0.25) is 5.02 Å². The Morgan fingerprint density at radius 2 is 1.56 bits per heavy atom. The molecule has 2 aromatic carbocycles. The molecule has 0 amide bonds. The van der Waals surface area contributed by atoms with E-state index < -0.39 is 5.38 Å². The highest BCUT2D eigenvalue weighted by Crippen LogP contribution is 2.26. The highest BCUT2D eigenvalue weighted by atomic mass is 35.5. The lowest BCUT2D eigenvalue weighted by molar-refractivity contribution is 0.0987. The molecule has 2 rings (SSSR count). The second kappa shape index (κ2) is 5.55. The van der Waals surface area contributed by atoms with Crippen molar-refractivity contribution in [3.05, 3.63) is 70.2 Å². The van der Waals surface area contributed by atoms with Crippen molar-refractivity contribution in [2.75, 3.05) is 0 Å². The van der Waals surface area contributed by atoms with E-state index in [2.05, 4.69) is 0 Å². The maximum atomic E-state index is 12.2. The van der Waals surface area contributed by atoms with Gasteiger partial charge in [0.25, 0.3) is 0 Å². The summed E-state index contributed by atoms with van der Waals surface area (Å²) in [6.45, 7) is 1.98. The van der Waals surface area contributed by atoms with Crippen LogP contribution in [0, 0.1) is 6.92 Å². The summed E-state index contributed by atoms with van der Waals surface area (Å²) in [5.74, 6) is -0.0982. The summed E-state index contributed by atoms with van der Waals surface area (Å²) in [5, 5.41) is -0.0459. The van der Waals surface area contributed by atoms with E-state index in [1.165, 1.54) is 0 Å². The predicted octanol–water partition coefficient (Wildman–Crippen LogP) is 4.81. The van der Waals surface area contributed by atoms with Crippen LogP contribution >= 0.6 is 23.2 Å². The van der Waals surface area contributed by atoms with Gasteiger partial charge in [-0.05, 0) is 24.6 Å². The molecule has 2 aromatic rings. The number of halogens is 2. The Morgan fingerprint density at radius 1 is 1.00 bits per heavy atom. The number of carbonyl (C=O) groups is 1. The standard InChI is InChI=1S/C15H12Cl2O/c1-10-2-4-12(5-3-10)15(18)14(17)11-6-8-13(16)9-7-11/h2-9,14H,1H3. The summed E-state index contributed by atoms with van der Waals surface area (Å²) in [6.07, 6.45) is 0. The highest BCUT2D eigenvalue weighted by Gasteiger charge is 2.19. The van der Waals surface area contributed by atoms with Crippen LogP contribution in [0.5, 0.6) is 0 Å². The van der Waals surface area contributed by atoms with Crippen LogP contribution in [-0.2, 0) is 0 Å². The summed E-state index contributed by atoms with van der Waals surface area (Å²) in [7, 11) is 0. The normalized spacial score (nSPS) is 12.2. The van der Waals surface area contributed by atoms with Gasteiger partial charge in [0, 0.05) is 10.6 Å². The summed E-state index contributed by atoms with van der Waals surface area (Å²) in [5.41, 5.74) is 2.49. The maximum absolute atomic E-state index is 12.2. The van der Waals surface area contributed by atoms with Gasteiger partial charge < -0.3 is 0 Å². The molecule has 0 spiro atoms. The van der Waals surface area contributed by atoms with Gasteiger partial charge in [0.1, 0.15) is 5.38 Å². The van der Waals surface area contributed by atoms with Crippen molar-refractivity contribution in [1.29, 1.82) is 0 Å². The molecule has 1 unspecified atom stereocenters. The molecule has 0 aliphatic carbocycles. The SMILES string of the molecule is Cc1ccc(C(=O)C(Cl)c2ccc(Cl)cc2)cc1. The third-order valence-corrected chi connectivity index (χ3v) is 3.43. The lowest BCUT2D eigenvalue weighted by Crippen LogP contribution is -2.07. The quantitative estimate of drug-likeness (QED) is 0.582. The second-order valence-electron chi connectivity index (χ2n) is 4.14. The molecule has 1 atom stereocenters. The van der Waals surface area contributed by atoms with Crippen molar-refractivity contribution in [1.82, 2.24) is 0 Å². The fourth-order valence-corrected chi connectivity index (χ4v) is 2.04. The molecule has 0 aliphatic heterocycles. The predicted molar refractivity (Wildman–Crippen MR) is 75.6 cm³/mol. The minimum absolute atomic E-state index is 0.0982. The van der Waals surface area contributed by atoms with Crippen LogP contribution < -0.4 is 0 Å². The van der Waals surface area contributed by atoms with Gasteiger partial charge in [0.05, 0.1) is 0 Å². The van der Waals surface area contributed by atoms with Gasteiger partial charge in [0.2, 0.25) is 0 Å². The number of benzene rings is 2. The zero-order chi connectivity index (χ0) is 13.1. The molecule has 0 heterocycles. The van der Waals surface area contributed by atoms with Gasteiger partial charge in [-0.3, -0.25) is 4.79 Å². The minimum Gasteiger partial charge on any atom is -0.292 e. The Hall–Kier alpha value is -1.31. The van der Waals surface area contributed by atoms with Crippen molar-refractivity contribution in [3.63, 3.8) is 0 Å². The monoisotopic (exact) mass is 278 g/mol. The average Bonchev–Trinajstić information content (AvgIpc) is 2.39. The molecule has 0 aromatic heterocycles. The lowest BCUT2D eigenvalue weighted by atomic mass is 10.0. The maximum Gasteiger partial charge on any atom is 0.185 e. The molecule has 0 N–H and O–H groups in total. The van der Waals surface area contributed by atoms with Crippen LogP contribution in [0.25, 0.3) is 0 Å². The molecule has 0 saturated heterocycles.